The van der Waals surface area contributed by atoms with Crippen molar-refractivity contribution in [3.05, 3.63) is 34.5 Å². The predicted molar refractivity (Wildman–Crippen MR) is 101 cm³/mol. The van der Waals surface area contributed by atoms with Gasteiger partial charge in [0.2, 0.25) is 0 Å². The largest absolute Gasteiger partial charge is 0.360 e. The number of aryl methyl sites for hydroxylation is 2. The number of aromatic nitrogens is 2. The normalized spacial score (nSPS) is 15.9. The van der Waals surface area contributed by atoms with Crippen LogP contribution in [0.25, 0.3) is 0 Å². The minimum Gasteiger partial charge on any atom is -0.360 e. The van der Waals surface area contributed by atoms with E-state index < -0.39 is 0 Å². The van der Waals surface area contributed by atoms with Crippen LogP contribution in [0.2, 0.25) is 0 Å². The van der Waals surface area contributed by atoms with Crippen LogP contribution in [0.1, 0.15) is 17.0 Å². The minimum absolute atomic E-state index is 0.767. The molecule has 130 valence electrons. The van der Waals surface area contributed by atoms with Crippen LogP contribution in [0, 0.1) is 13.8 Å². The van der Waals surface area contributed by atoms with Crippen molar-refractivity contribution in [2.45, 2.75) is 20.4 Å². The second kappa shape index (κ2) is 7.25. The van der Waals surface area contributed by atoms with Crippen molar-refractivity contribution in [2.75, 3.05) is 38.1 Å². The molecule has 0 aliphatic carbocycles. The van der Waals surface area contributed by atoms with Crippen molar-refractivity contribution in [3.8, 4) is 0 Å². The summed E-state index contributed by atoms with van der Waals surface area (Å²) in [7, 11) is 3.85. The highest BCUT2D eigenvalue weighted by atomic mass is 32.1. The van der Waals surface area contributed by atoms with E-state index in [0.29, 0.717) is 0 Å². The van der Waals surface area contributed by atoms with E-state index in [1.54, 1.807) is 0 Å². The van der Waals surface area contributed by atoms with Gasteiger partial charge in [0, 0.05) is 58.1 Å². The Morgan fingerprint density at radius 1 is 1.29 bits per heavy atom. The Balaban J connectivity index is 1.57. The summed E-state index contributed by atoms with van der Waals surface area (Å²) in [6.45, 7) is 8.99. The lowest BCUT2D eigenvalue weighted by Crippen LogP contribution is -2.52. The maximum atomic E-state index is 4.48. The van der Waals surface area contributed by atoms with E-state index in [0.717, 1.165) is 44.4 Å². The van der Waals surface area contributed by atoms with Gasteiger partial charge in [0.05, 0.1) is 10.7 Å². The molecule has 1 fully saturated rings. The highest BCUT2D eigenvalue weighted by Gasteiger charge is 2.20. The molecule has 0 bridgehead atoms. The summed E-state index contributed by atoms with van der Waals surface area (Å²) in [5.41, 5.74) is 3.55. The third kappa shape index (κ3) is 3.40. The highest BCUT2D eigenvalue weighted by molar-refractivity contribution is 7.14. The van der Waals surface area contributed by atoms with Crippen LogP contribution in [0.5, 0.6) is 0 Å². The van der Waals surface area contributed by atoms with E-state index in [1.807, 2.05) is 30.1 Å². The predicted octanol–water partition coefficient (Wildman–Crippen LogP) is 2.00. The zero-order valence-corrected chi connectivity index (χ0v) is 15.7. The number of nitrogens with one attached hydrogen (secondary N) is 1. The van der Waals surface area contributed by atoms with Crippen LogP contribution in [-0.4, -0.2) is 53.9 Å². The smallest absolute Gasteiger partial charge is 0.194 e. The fourth-order valence-corrected chi connectivity index (χ4v) is 3.95. The Labute approximate surface area is 147 Å². The molecule has 2 aromatic heterocycles. The van der Waals surface area contributed by atoms with Crippen molar-refractivity contribution >= 4 is 22.3 Å². The number of rotatable bonds is 3. The lowest BCUT2D eigenvalue weighted by molar-refractivity contribution is 0.373. The number of anilines is 1. The van der Waals surface area contributed by atoms with E-state index in [9.17, 15) is 0 Å². The second-order valence-electron chi connectivity index (χ2n) is 6.10. The van der Waals surface area contributed by atoms with Crippen molar-refractivity contribution < 1.29 is 0 Å². The molecule has 1 N–H and O–H groups in total. The Morgan fingerprint density at radius 2 is 2.04 bits per heavy atom. The standard InChI is InChI=1S/C17H26N6S/c1-13-15(14(2)21(4)20-13)12-19-17(18-3)23-9-7-22(8-10-23)16-6-5-11-24-16/h5-6,11H,7-10,12H2,1-4H3,(H,18,19). The molecule has 0 atom stereocenters. The van der Waals surface area contributed by atoms with Crippen molar-refractivity contribution in [3.63, 3.8) is 0 Å². The summed E-state index contributed by atoms with van der Waals surface area (Å²) in [5, 5.41) is 11.5. The monoisotopic (exact) mass is 346 g/mol. The van der Waals surface area contributed by atoms with Gasteiger partial charge in [-0.25, -0.2) is 0 Å². The quantitative estimate of drug-likeness (QED) is 0.682. The molecule has 24 heavy (non-hydrogen) atoms. The first-order valence-electron chi connectivity index (χ1n) is 8.33. The van der Waals surface area contributed by atoms with Gasteiger partial charge >= 0.3 is 0 Å². The van der Waals surface area contributed by atoms with Gasteiger partial charge in [-0.2, -0.15) is 5.10 Å². The fraction of sp³-hybridized carbons (Fsp3) is 0.529. The second-order valence-corrected chi connectivity index (χ2v) is 7.03. The van der Waals surface area contributed by atoms with Gasteiger partial charge in [0.15, 0.2) is 5.96 Å². The maximum Gasteiger partial charge on any atom is 0.194 e. The summed E-state index contributed by atoms with van der Waals surface area (Å²) in [4.78, 5) is 9.26. The number of hydrogen-bond donors (Lipinski definition) is 1. The summed E-state index contributed by atoms with van der Waals surface area (Å²) in [6.07, 6.45) is 0. The Hall–Kier alpha value is -2.02. The molecule has 0 unspecified atom stereocenters. The SMILES string of the molecule is CN=C(NCc1c(C)nn(C)c1C)N1CCN(c2cccs2)CC1. The van der Waals surface area contributed by atoms with Gasteiger partial charge in [-0.1, -0.05) is 0 Å². The molecule has 0 saturated carbocycles. The van der Waals surface area contributed by atoms with Crippen LogP contribution < -0.4 is 10.2 Å². The Kier molecular flexibility index (Phi) is 5.08. The summed E-state index contributed by atoms with van der Waals surface area (Å²) in [5.74, 6) is 0.975. The molecule has 6 nitrogen and oxygen atoms in total. The number of guanidine groups is 1. The maximum absolute atomic E-state index is 4.48. The van der Waals surface area contributed by atoms with Crippen LogP contribution in [0.3, 0.4) is 0 Å². The summed E-state index contributed by atoms with van der Waals surface area (Å²) in [6, 6.07) is 4.31. The van der Waals surface area contributed by atoms with Crippen LogP contribution in [0.15, 0.2) is 22.5 Å². The number of hydrogen-bond acceptors (Lipinski definition) is 4. The van der Waals surface area contributed by atoms with E-state index in [4.69, 9.17) is 0 Å². The lowest BCUT2D eigenvalue weighted by atomic mass is 10.2. The van der Waals surface area contributed by atoms with Crippen LogP contribution in [0.4, 0.5) is 5.00 Å². The van der Waals surface area contributed by atoms with E-state index in [-0.39, 0.29) is 0 Å². The van der Waals surface area contributed by atoms with E-state index >= 15 is 0 Å². The van der Waals surface area contributed by atoms with Crippen LogP contribution in [-0.2, 0) is 13.6 Å². The molecule has 3 rings (SSSR count). The molecule has 2 aromatic rings. The molecule has 1 aliphatic heterocycles. The van der Waals surface area contributed by atoms with E-state index in [2.05, 4.69) is 56.6 Å². The zero-order valence-electron chi connectivity index (χ0n) is 14.9. The fourth-order valence-electron chi connectivity index (χ4n) is 3.16. The molecule has 1 saturated heterocycles. The lowest BCUT2D eigenvalue weighted by Gasteiger charge is -2.37. The van der Waals surface area contributed by atoms with Gasteiger partial charge in [-0.05, 0) is 31.4 Å². The third-order valence-corrected chi connectivity index (χ3v) is 5.62. The molecular formula is C17H26N6S. The molecule has 3 heterocycles. The molecule has 0 spiro atoms. The van der Waals surface area contributed by atoms with Gasteiger partial charge < -0.3 is 15.1 Å². The van der Waals surface area contributed by atoms with Crippen LogP contribution >= 0.6 is 11.3 Å². The van der Waals surface area contributed by atoms with Crippen molar-refractivity contribution in [2.24, 2.45) is 12.0 Å². The first kappa shape index (κ1) is 16.8. The zero-order chi connectivity index (χ0) is 17.1. The average Bonchev–Trinajstić information content (AvgIpc) is 3.20. The van der Waals surface area contributed by atoms with Crippen molar-refractivity contribution in [1.29, 1.82) is 0 Å². The first-order valence-corrected chi connectivity index (χ1v) is 9.21. The van der Waals surface area contributed by atoms with Gasteiger partial charge in [-0.15, -0.1) is 11.3 Å². The van der Waals surface area contributed by atoms with E-state index in [1.165, 1.54) is 16.3 Å². The first-order chi connectivity index (χ1) is 11.6. The number of aliphatic imine (C=N–C) groups is 1. The molecule has 1 aliphatic rings. The number of piperazine rings is 1. The Morgan fingerprint density at radius 3 is 2.58 bits per heavy atom. The molecule has 7 heteroatoms. The Bertz CT molecular complexity index is 695. The topological polar surface area (TPSA) is 48.7 Å². The van der Waals surface area contributed by atoms with Gasteiger partial charge in [-0.3, -0.25) is 9.67 Å². The molecule has 0 radical (unpaired) electrons. The highest BCUT2D eigenvalue weighted by Crippen LogP contribution is 2.22. The molecule has 0 amide bonds. The summed E-state index contributed by atoms with van der Waals surface area (Å²) < 4.78 is 1.94. The molecular weight excluding hydrogens is 320 g/mol. The van der Waals surface area contributed by atoms with Gasteiger partial charge in [0.25, 0.3) is 0 Å². The molecule has 0 aromatic carbocycles. The van der Waals surface area contributed by atoms with Gasteiger partial charge in [0.1, 0.15) is 0 Å². The van der Waals surface area contributed by atoms with Crippen molar-refractivity contribution in [1.82, 2.24) is 20.0 Å². The number of nitrogens with zero attached hydrogens (tertiary/aromatic N) is 5. The number of thiophene rings is 1. The third-order valence-electron chi connectivity index (χ3n) is 4.69. The average molecular weight is 347 g/mol. The summed E-state index contributed by atoms with van der Waals surface area (Å²) >= 11 is 1.81. The minimum atomic E-state index is 0.767.